The van der Waals surface area contributed by atoms with Crippen molar-refractivity contribution in [2.45, 2.75) is 45.4 Å². The van der Waals surface area contributed by atoms with Gasteiger partial charge in [-0.3, -0.25) is 9.47 Å². The van der Waals surface area contributed by atoms with E-state index in [9.17, 15) is 4.79 Å². The summed E-state index contributed by atoms with van der Waals surface area (Å²) in [5, 5.41) is 6.87. The number of hydrogen-bond acceptors (Lipinski definition) is 4. The van der Waals surface area contributed by atoms with Gasteiger partial charge in [-0.1, -0.05) is 29.8 Å². The minimum atomic E-state index is -0.133. The first-order valence-corrected chi connectivity index (χ1v) is 8.59. The molecule has 2 heterocycles. The molecule has 0 saturated carbocycles. The lowest BCUT2D eigenvalue weighted by molar-refractivity contribution is 0.108. The molecule has 1 aromatic carbocycles. The number of H-pyrrole nitrogens is 1. The SMILES string of the molecule is CCn1c([C@@H]2C[C@H](OC)CN2CCc2ccc(C)cc2)n[nH]c1=O. The zero-order chi connectivity index (χ0) is 17.1. The largest absolute Gasteiger partial charge is 0.380 e. The van der Waals surface area contributed by atoms with Crippen molar-refractivity contribution in [2.75, 3.05) is 20.2 Å². The fourth-order valence-corrected chi connectivity index (χ4v) is 3.47. The van der Waals surface area contributed by atoms with Crippen LogP contribution in [0.1, 0.15) is 36.3 Å². The van der Waals surface area contributed by atoms with Gasteiger partial charge in [0.25, 0.3) is 0 Å². The summed E-state index contributed by atoms with van der Waals surface area (Å²) in [5.74, 6) is 0.825. The number of ether oxygens (including phenoxy) is 1. The summed E-state index contributed by atoms with van der Waals surface area (Å²) in [6.45, 7) is 6.51. The second kappa shape index (κ2) is 7.32. The summed E-state index contributed by atoms with van der Waals surface area (Å²) >= 11 is 0. The van der Waals surface area contributed by atoms with Crippen molar-refractivity contribution in [2.24, 2.45) is 0 Å². The summed E-state index contributed by atoms with van der Waals surface area (Å²) in [4.78, 5) is 14.3. The van der Waals surface area contributed by atoms with Crippen LogP contribution in [0.25, 0.3) is 0 Å². The molecule has 1 saturated heterocycles. The maximum atomic E-state index is 11.9. The minimum absolute atomic E-state index is 0.124. The van der Waals surface area contributed by atoms with Crippen LogP contribution < -0.4 is 5.69 Å². The summed E-state index contributed by atoms with van der Waals surface area (Å²) in [5.41, 5.74) is 2.47. The van der Waals surface area contributed by atoms with Crippen LogP contribution in [0.4, 0.5) is 0 Å². The molecule has 1 aromatic heterocycles. The van der Waals surface area contributed by atoms with Crippen LogP contribution in [-0.4, -0.2) is 46.0 Å². The Bertz CT molecular complexity index is 719. The Hall–Kier alpha value is -1.92. The minimum Gasteiger partial charge on any atom is -0.380 e. The van der Waals surface area contributed by atoms with E-state index in [4.69, 9.17) is 4.74 Å². The maximum absolute atomic E-state index is 11.9. The van der Waals surface area contributed by atoms with Crippen LogP contribution in [-0.2, 0) is 17.7 Å². The third-order valence-electron chi connectivity index (χ3n) is 4.91. The number of aryl methyl sites for hydroxylation is 1. The molecule has 2 atom stereocenters. The lowest BCUT2D eigenvalue weighted by atomic mass is 10.1. The van der Waals surface area contributed by atoms with E-state index >= 15 is 0 Å². The van der Waals surface area contributed by atoms with Gasteiger partial charge in [0.2, 0.25) is 0 Å². The first-order valence-electron chi connectivity index (χ1n) is 8.59. The number of benzene rings is 1. The lowest BCUT2D eigenvalue weighted by Gasteiger charge is -2.23. The Labute approximate surface area is 142 Å². The summed E-state index contributed by atoms with van der Waals surface area (Å²) in [6, 6.07) is 8.79. The predicted molar refractivity (Wildman–Crippen MR) is 93.1 cm³/mol. The molecule has 0 aliphatic carbocycles. The van der Waals surface area contributed by atoms with E-state index in [2.05, 4.69) is 46.3 Å². The molecule has 1 N–H and O–H groups in total. The molecule has 0 unspecified atom stereocenters. The third kappa shape index (κ3) is 3.44. The van der Waals surface area contributed by atoms with Gasteiger partial charge in [0, 0.05) is 26.7 Å². The van der Waals surface area contributed by atoms with Gasteiger partial charge >= 0.3 is 5.69 Å². The van der Waals surface area contributed by atoms with E-state index in [0.717, 1.165) is 31.8 Å². The van der Waals surface area contributed by atoms with Crippen molar-refractivity contribution in [1.82, 2.24) is 19.7 Å². The van der Waals surface area contributed by atoms with Crippen LogP contribution in [0.5, 0.6) is 0 Å². The van der Waals surface area contributed by atoms with Crippen LogP contribution in [0.3, 0.4) is 0 Å². The highest BCUT2D eigenvalue weighted by Crippen LogP contribution is 2.31. The first-order chi connectivity index (χ1) is 11.6. The Balaban J connectivity index is 1.76. The summed E-state index contributed by atoms with van der Waals surface area (Å²) in [6.07, 6.45) is 2.04. The van der Waals surface area contributed by atoms with E-state index in [0.29, 0.717) is 6.54 Å². The van der Waals surface area contributed by atoms with Crippen LogP contribution in [0, 0.1) is 6.92 Å². The van der Waals surface area contributed by atoms with Gasteiger partial charge in [-0.15, -0.1) is 0 Å². The van der Waals surface area contributed by atoms with Gasteiger partial charge in [-0.05, 0) is 32.3 Å². The molecule has 2 aromatic rings. The standard InChI is InChI=1S/C18H26N4O2/c1-4-22-17(19-20-18(22)23)16-11-15(24-3)12-21(16)10-9-14-7-5-13(2)6-8-14/h5-8,15-16H,4,9-12H2,1-3H3,(H,20,23)/t15-,16-/m0/s1. The van der Waals surface area contributed by atoms with Gasteiger partial charge in [0.05, 0.1) is 12.1 Å². The monoisotopic (exact) mass is 330 g/mol. The lowest BCUT2D eigenvalue weighted by Crippen LogP contribution is -2.30. The number of likely N-dealkylation sites (tertiary alicyclic amines) is 1. The number of hydrogen-bond donors (Lipinski definition) is 1. The Morgan fingerprint density at radius 3 is 2.75 bits per heavy atom. The molecular formula is C18H26N4O2. The smallest absolute Gasteiger partial charge is 0.343 e. The molecule has 3 rings (SSSR count). The van der Waals surface area contributed by atoms with E-state index in [-0.39, 0.29) is 17.8 Å². The molecule has 1 aliphatic rings. The van der Waals surface area contributed by atoms with Crippen LogP contribution in [0.2, 0.25) is 0 Å². The molecule has 24 heavy (non-hydrogen) atoms. The van der Waals surface area contributed by atoms with E-state index in [1.807, 2.05) is 6.92 Å². The number of methoxy groups -OCH3 is 1. The highest BCUT2D eigenvalue weighted by Gasteiger charge is 2.36. The van der Waals surface area contributed by atoms with Crippen molar-refractivity contribution >= 4 is 0 Å². The third-order valence-corrected chi connectivity index (χ3v) is 4.91. The second-order valence-electron chi connectivity index (χ2n) is 6.47. The van der Waals surface area contributed by atoms with E-state index < -0.39 is 0 Å². The Morgan fingerprint density at radius 2 is 2.08 bits per heavy atom. The number of aromatic nitrogens is 3. The summed E-state index contributed by atoms with van der Waals surface area (Å²) in [7, 11) is 1.75. The molecule has 130 valence electrons. The molecule has 1 aliphatic heterocycles. The molecular weight excluding hydrogens is 304 g/mol. The fraction of sp³-hybridized carbons (Fsp3) is 0.556. The zero-order valence-corrected chi connectivity index (χ0v) is 14.7. The van der Waals surface area contributed by atoms with Crippen LogP contribution >= 0.6 is 0 Å². The van der Waals surface area contributed by atoms with Crippen molar-refractivity contribution in [3.63, 3.8) is 0 Å². The number of nitrogens with one attached hydrogen (secondary N) is 1. The highest BCUT2D eigenvalue weighted by atomic mass is 16.5. The quantitative estimate of drug-likeness (QED) is 0.879. The molecule has 1 fully saturated rings. The molecule has 0 bridgehead atoms. The van der Waals surface area contributed by atoms with Crippen molar-refractivity contribution < 1.29 is 4.74 Å². The van der Waals surface area contributed by atoms with Gasteiger partial charge in [0.15, 0.2) is 5.82 Å². The van der Waals surface area contributed by atoms with E-state index in [1.54, 1.807) is 11.7 Å². The first kappa shape index (κ1) is 16.9. The molecule has 6 heteroatoms. The van der Waals surface area contributed by atoms with Gasteiger partial charge in [-0.2, -0.15) is 5.10 Å². The molecule has 0 amide bonds. The number of rotatable bonds is 6. The van der Waals surface area contributed by atoms with Crippen molar-refractivity contribution in [1.29, 1.82) is 0 Å². The van der Waals surface area contributed by atoms with Gasteiger partial charge in [0.1, 0.15) is 0 Å². The number of nitrogens with zero attached hydrogens (tertiary/aromatic N) is 3. The Morgan fingerprint density at radius 1 is 1.33 bits per heavy atom. The molecule has 0 radical (unpaired) electrons. The highest BCUT2D eigenvalue weighted by molar-refractivity contribution is 5.21. The normalized spacial score (nSPS) is 21.5. The van der Waals surface area contributed by atoms with Crippen LogP contribution in [0.15, 0.2) is 29.1 Å². The number of aromatic amines is 1. The van der Waals surface area contributed by atoms with Crippen molar-refractivity contribution in [3.8, 4) is 0 Å². The van der Waals surface area contributed by atoms with E-state index in [1.165, 1.54) is 11.1 Å². The van der Waals surface area contributed by atoms with Gasteiger partial charge in [-0.25, -0.2) is 9.89 Å². The Kier molecular flexibility index (Phi) is 5.16. The van der Waals surface area contributed by atoms with Crippen molar-refractivity contribution in [3.05, 3.63) is 51.7 Å². The topological polar surface area (TPSA) is 63.1 Å². The average Bonchev–Trinajstić information content (AvgIpc) is 3.17. The fourth-order valence-electron chi connectivity index (χ4n) is 3.47. The maximum Gasteiger partial charge on any atom is 0.343 e. The molecule has 0 spiro atoms. The predicted octanol–water partition coefficient (Wildman–Crippen LogP) is 1.90. The molecule has 6 nitrogen and oxygen atoms in total. The second-order valence-corrected chi connectivity index (χ2v) is 6.47. The summed E-state index contributed by atoms with van der Waals surface area (Å²) < 4.78 is 7.30. The average molecular weight is 330 g/mol. The van der Waals surface area contributed by atoms with Gasteiger partial charge < -0.3 is 4.74 Å². The zero-order valence-electron chi connectivity index (χ0n) is 14.7.